The average Bonchev–Trinajstić information content (AvgIpc) is 3.12. The first-order chi connectivity index (χ1) is 12.3. The smallest absolute Gasteiger partial charge is 0.331 e. The summed E-state index contributed by atoms with van der Waals surface area (Å²) >= 11 is 0. The summed E-state index contributed by atoms with van der Waals surface area (Å²) < 4.78 is 5.60. The SMILES string of the molecule is C=C(C(=O)O)C(C=Cc1ccccc1)CC1CCCO1.C=C(C)C(=O)O. The Morgan fingerprint density at radius 2 is 1.85 bits per heavy atom. The highest BCUT2D eigenvalue weighted by atomic mass is 16.5. The molecule has 5 heteroatoms. The first-order valence-electron chi connectivity index (χ1n) is 8.47. The standard InChI is InChI=1S/C17H20O3.C4H6O2/c1-13(17(18)19)15(12-16-8-5-11-20-16)10-9-14-6-3-2-4-7-14;1-3(2)4(5)6/h2-4,6-7,9-10,15-16H,1,5,8,11-12H2,(H,18,19);1H2,2H3,(H,5,6). The van der Waals surface area contributed by atoms with Gasteiger partial charge in [0.05, 0.1) is 6.10 Å². The van der Waals surface area contributed by atoms with Crippen molar-refractivity contribution >= 4 is 18.0 Å². The van der Waals surface area contributed by atoms with Gasteiger partial charge in [0, 0.05) is 23.7 Å². The predicted octanol–water partition coefficient (Wildman–Crippen LogP) is 4.17. The molecule has 0 radical (unpaired) electrons. The zero-order valence-electron chi connectivity index (χ0n) is 15.1. The Balaban J connectivity index is 0.000000487. The third kappa shape index (κ3) is 7.94. The van der Waals surface area contributed by atoms with Crippen molar-refractivity contribution in [2.75, 3.05) is 6.61 Å². The van der Waals surface area contributed by atoms with Crippen LogP contribution in [-0.4, -0.2) is 34.9 Å². The summed E-state index contributed by atoms with van der Waals surface area (Å²) in [4.78, 5) is 20.8. The molecule has 2 atom stereocenters. The summed E-state index contributed by atoms with van der Waals surface area (Å²) in [5, 5.41) is 17.0. The van der Waals surface area contributed by atoms with Crippen LogP contribution in [0.5, 0.6) is 0 Å². The molecule has 1 saturated heterocycles. The first-order valence-corrected chi connectivity index (χ1v) is 8.47. The maximum absolute atomic E-state index is 11.2. The number of carboxylic acids is 2. The number of hydrogen-bond donors (Lipinski definition) is 2. The van der Waals surface area contributed by atoms with E-state index in [9.17, 15) is 9.59 Å². The summed E-state index contributed by atoms with van der Waals surface area (Å²) in [6, 6.07) is 9.85. The van der Waals surface area contributed by atoms with Crippen LogP contribution in [0.25, 0.3) is 6.08 Å². The van der Waals surface area contributed by atoms with Crippen molar-refractivity contribution in [1.29, 1.82) is 0 Å². The van der Waals surface area contributed by atoms with Gasteiger partial charge < -0.3 is 14.9 Å². The van der Waals surface area contributed by atoms with Crippen LogP contribution in [0.2, 0.25) is 0 Å². The van der Waals surface area contributed by atoms with Gasteiger partial charge >= 0.3 is 11.9 Å². The lowest BCUT2D eigenvalue weighted by atomic mass is 9.92. The summed E-state index contributed by atoms with van der Waals surface area (Å²) in [6.07, 6.45) is 6.77. The lowest BCUT2D eigenvalue weighted by Gasteiger charge is -2.17. The molecule has 2 N–H and O–H groups in total. The zero-order chi connectivity index (χ0) is 19.5. The monoisotopic (exact) mass is 358 g/mol. The Labute approximate surface area is 154 Å². The van der Waals surface area contributed by atoms with Crippen LogP contribution in [0, 0.1) is 5.92 Å². The van der Waals surface area contributed by atoms with Gasteiger partial charge in [-0.15, -0.1) is 0 Å². The maximum atomic E-state index is 11.2. The third-order valence-electron chi connectivity index (χ3n) is 3.95. The molecular weight excluding hydrogens is 332 g/mol. The van der Waals surface area contributed by atoms with Gasteiger partial charge in [0.25, 0.3) is 0 Å². The molecule has 2 rings (SSSR count). The summed E-state index contributed by atoms with van der Waals surface area (Å²) in [7, 11) is 0. The van der Waals surface area contributed by atoms with E-state index in [1.165, 1.54) is 6.92 Å². The van der Waals surface area contributed by atoms with Crippen LogP contribution >= 0.6 is 0 Å². The van der Waals surface area contributed by atoms with Gasteiger partial charge in [-0.1, -0.05) is 55.6 Å². The predicted molar refractivity (Wildman–Crippen MR) is 102 cm³/mol. The van der Waals surface area contributed by atoms with E-state index in [-0.39, 0.29) is 23.2 Å². The number of allylic oxidation sites excluding steroid dienone is 1. The van der Waals surface area contributed by atoms with Crippen molar-refractivity contribution in [2.24, 2.45) is 5.92 Å². The zero-order valence-corrected chi connectivity index (χ0v) is 15.1. The second kappa shape index (κ2) is 11.1. The molecule has 140 valence electrons. The fourth-order valence-corrected chi connectivity index (χ4v) is 2.40. The topological polar surface area (TPSA) is 83.8 Å². The van der Waals surface area contributed by atoms with Crippen molar-refractivity contribution in [3.63, 3.8) is 0 Å². The molecule has 1 heterocycles. The number of rotatable bonds is 7. The fraction of sp³-hybridized carbons (Fsp3) is 0.333. The van der Waals surface area contributed by atoms with Gasteiger partial charge in [-0.25, -0.2) is 9.59 Å². The molecule has 0 aliphatic carbocycles. The molecule has 0 spiro atoms. The summed E-state index contributed by atoms with van der Waals surface area (Å²) in [6.45, 7) is 9.08. The summed E-state index contributed by atoms with van der Waals surface area (Å²) in [5.74, 6) is -2.06. The molecule has 1 aliphatic rings. The van der Waals surface area contributed by atoms with E-state index in [1.54, 1.807) is 0 Å². The lowest BCUT2D eigenvalue weighted by molar-refractivity contribution is -0.133. The Morgan fingerprint density at radius 1 is 1.23 bits per heavy atom. The lowest BCUT2D eigenvalue weighted by Crippen LogP contribution is -2.16. The normalized spacial score (nSPS) is 17.2. The van der Waals surface area contributed by atoms with Crippen molar-refractivity contribution < 1.29 is 24.5 Å². The molecule has 1 aromatic rings. The van der Waals surface area contributed by atoms with Gasteiger partial charge in [-0.05, 0) is 31.7 Å². The number of aliphatic carboxylic acids is 2. The van der Waals surface area contributed by atoms with Crippen molar-refractivity contribution in [3.05, 3.63) is 66.3 Å². The molecule has 2 unspecified atom stereocenters. The number of carbonyl (C=O) groups is 2. The van der Waals surface area contributed by atoms with Crippen LogP contribution in [0.1, 0.15) is 31.7 Å². The maximum Gasteiger partial charge on any atom is 0.331 e. The minimum Gasteiger partial charge on any atom is -0.478 e. The molecule has 0 aromatic heterocycles. The van der Waals surface area contributed by atoms with Gasteiger partial charge in [-0.3, -0.25) is 0 Å². The highest BCUT2D eigenvalue weighted by molar-refractivity contribution is 5.87. The van der Waals surface area contributed by atoms with Crippen LogP contribution in [-0.2, 0) is 14.3 Å². The Morgan fingerprint density at radius 3 is 2.31 bits per heavy atom. The third-order valence-corrected chi connectivity index (χ3v) is 3.95. The minimum atomic E-state index is -0.939. The van der Waals surface area contributed by atoms with Gasteiger partial charge in [0.2, 0.25) is 0 Å². The molecular formula is C21H26O5. The number of ether oxygens (including phenoxy) is 1. The van der Waals surface area contributed by atoms with E-state index in [0.717, 1.165) is 25.0 Å². The average molecular weight is 358 g/mol. The van der Waals surface area contributed by atoms with Crippen molar-refractivity contribution in [3.8, 4) is 0 Å². The Bertz CT molecular complexity index is 642. The Kier molecular flexibility index (Phi) is 9.09. The van der Waals surface area contributed by atoms with Crippen molar-refractivity contribution in [2.45, 2.75) is 32.3 Å². The molecule has 1 aromatic carbocycles. The molecule has 0 saturated carbocycles. The van der Waals surface area contributed by atoms with Gasteiger partial charge in [0.1, 0.15) is 0 Å². The van der Waals surface area contributed by atoms with Crippen LogP contribution < -0.4 is 0 Å². The Hall–Kier alpha value is -2.66. The largest absolute Gasteiger partial charge is 0.478 e. The quantitative estimate of drug-likeness (QED) is 0.715. The van der Waals surface area contributed by atoms with E-state index in [2.05, 4.69) is 13.2 Å². The van der Waals surface area contributed by atoms with E-state index in [4.69, 9.17) is 14.9 Å². The molecule has 26 heavy (non-hydrogen) atoms. The van der Waals surface area contributed by atoms with E-state index in [1.807, 2.05) is 42.5 Å². The summed E-state index contributed by atoms with van der Waals surface area (Å²) in [5.41, 5.74) is 1.46. The molecule has 0 bridgehead atoms. The van der Waals surface area contributed by atoms with E-state index in [0.29, 0.717) is 6.42 Å². The number of hydrogen-bond acceptors (Lipinski definition) is 3. The molecule has 0 amide bonds. The fourth-order valence-electron chi connectivity index (χ4n) is 2.40. The second-order valence-electron chi connectivity index (χ2n) is 6.16. The first kappa shape index (κ1) is 21.4. The minimum absolute atomic E-state index is 0.150. The van der Waals surface area contributed by atoms with Gasteiger partial charge in [-0.2, -0.15) is 0 Å². The number of benzene rings is 1. The van der Waals surface area contributed by atoms with Crippen molar-refractivity contribution in [1.82, 2.24) is 0 Å². The molecule has 1 fully saturated rings. The molecule has 5 nitrogen and oxygen atoms in total. The highest BCUT2D eigenvalue weighted by Gasteiger charge is 2.23. The van der Waals surface area contributed by atoms with Crippen LogP contribution in [0.3, 0.4) is 0 Å². The van der Waals surface area contributed by atoms with E-state index < -0.39 is 11.9 Å². The second-order valence-corrected chi connectivity index (χ2v) is 6.16. The van der Waals surface area contributed by atoms with Crippen LogP contribution in [0.4, 0.5) is 0 Å². The van der Waals surface area contributed by atoms with Crippen LogP contribution in [0.15, 0.2) is 60.7 Å². The van der Waals surface area contributed by atoms with Gasteiger partial charge in [0.15, 0.2) is 0 Å². The highest BCUT2D eigenvalue weighted by Crippen LogP contribution is 2.25. The molecule has 1 aliphatic heterocycles. The van der Waals surface area contributed by atoms with E-state index >= 15 is 0 Å². The number of carboxylic acid groups (broad SMARTS) is 2.